The highest BCUT2D eigenvalue weighted by Crippen LogP contribution is 2.07. The van der Waals surface area contributed by atoms with Gasteiger partial charge in [-0.1, -0.05) is 6.07 Å². The van der Waals surface area contributed by atoms with Crippen molar-refractivity contribution in [3.8, 4) is 0 Å². The Labute approximate surface area is 82.4 Å². The van der Waals surface area contributed by atoms with Crippen LogP contribution in [0.4, 0.5) is 4.39 Å². The van der Waals surface area contributed by atoms with Gasteiger partial charge in [0.1, 0.15) is 0 Å². The molecule has 0 fully saturated rings. The Morgan fingerprint density at radius 1 is 1.64 bits per heavy atom. The molecule has 0 aromatic carbocycles. The first-order valence-corrected chi connectivity index (χ1v) is 4.36. The van der Waals surface area contributed by atoms with Gasteiger partial charge in [-0.05, 0) is 25.5 Å². The molecule has 1 aromatic heterocycles. The van der Waals surface area contributed by atoms with Crippen molar-refractivity contribution in [3.63, 3.8) is 0 Å². The van der Waals surface area contributed by atoms with Crippen LogP contribution in [0.5, 0.6) is 0 Å². The molecule has 1 rings (SSSR count). The van der Waals surface area contributed by atoms with E-state index >= 15 is 0 Å². The number of alkyl halides is 1. The fraction of sp³-hybridized carbons (Fsp3) is 0.400. The minimum absolute atomic E-state index is 0.306. The zero-order valence-corrected chi connectivity index (χ0v) is 8.25. The molecular weight excluding hydrogens is 183 g/mol. The summed E-state index contributed by atoms with van der Waals surface area (Å²) >= 11 is 0. The van der Waals surface area contributed by atoms with Crippen molar-refractivity contribution >= 4 is 5.91 Å². The molecule has 1 N–H and O–H groups in total. The van der Waals surface area contributed by atoms with Crippen LogP contribution >= 0.6 is 0 Å². The van der Waals surface area contributed by atoms with E-state index < -0.39 is 11.6 Å². The average Bonchev–Trinajstić information content (AvgIpc) is 2.14. The van der Waals surface area contributed by atoms with Crippen molar-refractivity contribution in [3.05, 3.63) is 30.1 Å². The number of rotatable bonds is 3. The molecule has 0 bridgehead atoms. The third-order valence-corrected chi connectivity index (χ3v) is 1.72. The number of amides is 1. The zero-order valence-electron chi connectivity index (χ0n) is 8.25. The van der Waals surface area contributed by atoms with Gasteiger partial charge in [0.05, 0.1) is 0 Å². The molecule has 0 saturated carbocycles. The first kappa shape index (κ1) is 10.6. The van der Waals surface area contributed by atoms with Crippen LogP contribution < -0.4 is 5.32 Å². The van der Waals surface area contributed by atoms with Gasteiger partial charge in [0, 0.05) is 18.9 Å². The van der Waals surface area contributed by atoms with Crippen LogP contribution in [0, 0.1) is 0 Å². The van der Waals surface area contributed by atoms with Gasteiger partial charge in [-0.2, -0.15) is 0 Å². The van der Waals surface area contributed by atoms with Gasteiger partial charge >= 0.3 is 0 Å². The number of carbonyl (C=O) groups is 1. The summed E-state index contributed by atoms with van der Waals surface area (Å²) in [6, 6.07) is 3.58. The summed E-state index contributed by atoms with van der Waals surface area (Å²) in [4.78, 5) is 15.0. The van der Waals surface area contributed by atoms with Crippen LogP contribution in [0.3, 0.4) is 0 Å². The number of halogens is 1. The standard InChI is InChI=1S/C10H13FN2O/c1-10(2,11)9(14)13-7-8-4-3-5-12-6-8/h3-6H,7H2,1-2H3,(H,13,14). The molecule has 1 heterocycles. The third-order valence-electron chi connectivity index (χ3n) is 1.72. The van der Waals surface area contributed by atoms with Crippen molar-refractivity contribution < 1.29 is 9.18 Å². The molecule has 4 heteroatoms. The van der Waals surface area contributed by atoms with Crippen molar-refractivity contribution in [2.24, 2.45) is 0 Å². The molecule has 0 aliphatic carbocycles. The Hall–Kier alpha value is -1.45. The van der Waals surface area contributed by atoms with E-state index in [2.05, 4.69) is 10.3 Å². The van der Waals surface area contributed by atoms with E-state index in [1.54, 1.807) is 18.5 Å². The molecule has 0 aliphatic rings. The first-order valence-electron chi connectivity index (χ1n) is 4.36. The molecule has 1 amide bonds. The molecular formula is C10H13FN2O. The lowest BCUT2D eigenvalue weighted by molar-refractivity contribution is -0.130. The lowest BCUT2D eigenvalue weighted by Crippen LogP contribution is -2.38. The fourth-order valence-corrected chi connectivity index (χ4v) is 0.895. The second-order valence-electron chi connectivity index (χ2n) is 3.52. The molecule has 1 aromatic rings. The zero-order chi connectivity index (χ0) is 10.6. The van der Waals surface area contributed by atoms with Gasteiger partial charge in [0.15, 0.2) is 5.67 Å². The van der Waals surface area contributed by atoms with Crippen LogP contribution in [0.1, 0.15) is 19.4 Å². The maximum Gasteiger partial charge on any atom is 0.257 e. The van der Waals surface area contributed by atoms with Crippen molar-refractivity contribution in [1.82, 2.24) is 10.3 Å². The minimum Gasteiger partial charge on any atom is -0.349 e. The first-order chi connectivity index (χ1) is 6.50. The molecule has 3 nitrogen and oxygen atoms in total. The number of nitrogens with one attached hydrogen (secondary N) is 1. The minimum atomic E-state index is -1.83. The Bertz CT molecular complexity index is 306. The highest BCUT2D eigenvalue weighted by Gasteiger charge is 2.25. The van der Waals surface area contributed by atoms with Gasteiger partial charge in [-0.15, -0.1) is 0 Å². The fourth-order valence-electron chi connectivity index (χ4n) is 0.895. The lowest BCUT2D eigenvalue weighted by atomic mass is 10.1. The van der Waals surface area contributed by atoms with E-state index in [4.69, 9.17) is 0 Å². The van der Waals surface area contributed by atoms with E-state index in [9.17, 15) is 9.18 Å². The lowest BCUT2D eigenvalue weighted by Gasteiger charge is -2.13. The molecule has 0 unspecified atom stereocenters. The van der Waals surface area contributed by atoms with Crippen LogP contribution in [0.25, 0.3) is 0 Å². The van der Waals surface area contributed by atoms with E-state index in [1.807, 2.05) is 6.07 Å². The summed E-state index contributed by atoms with van der Waals surface area (Å²) < 4.78 is 13.1. The smallest absolute Gasteiger partial charge is 0.257 e. The van der Waals surface area contributed by atoms with E-state index in [1.165, 1.54) is 13.8 Å². The number of hydrogen-bond acceptors (Lipinski definition) is 2. The van der Waals surface area contributed by atoms with Crippen molar-refractivity contribution in [1.29, 1.82) is 0 Å². The summed E-state index contributed by atoms with van der Waals surface area (Å²) in [6.07, 6.45) is 3.27. The number of aromatic nitrogens is 1. The topological polar surface area (TPSA) is 42.0 Å². The maximum atomic E-state index is 13.1. The van der Waals surface area contributed by atoms with E-state index in [-0.39, 0.29) is 0 Å². The number of pyridine rings is 1. The van der Waals surface area contributed by atoms with Crippen LogP contribution in [-0.2, 0) is 11.3 Å². The van der Waals surface area contributed by atoms with Crippen molar-refractivity contribution in [2.45, 2.75) is 26.1 Å². The molecule has 0 atom stereocenters. The normalized spacial score (nSPS) is 11.1. The van der Waals surface area contributed by atoms with Crippen LogP contribution in [0.15, 0.2) is 24.5 Å². The van der Waals surface area contributed by atoms with E-state index in [0.29, 0.717) is 6.54 Å². The van der Waals surface area contributed by atoms with Gasteiger partial charge in [0.2, 0.25) is 0 Å². The summed E-state index contributed by atoms with van der Waals surface area (Å²) in [5.41, 5.74) is -0.979. The maximum absolute atomic E-state index is 13.1. The monoisotopic (exact) mass is 196 g/mol. The number of hydrogen-bond donors (Lipinski definition) is 1. The predicted octanol–water partition coefficient (Wildman–Crippen LogP) is 1.45. The number of nitrogens with zero attached hydrogens (tertiary/aromatic N) is 1. The second-order valence-corrected chi connectivity index (χ2v) is 3.52. The van der Waals surface area contributed by atoms with Gasteiger partial charge < -0.3 is 5.32 Å². The van der Waals surface area contributed by atoms with Crippen LogP contribution in [0.2, 0.25) is 0 Å². The Morgan fingerprint density at radius 3 is 2.86 bits per heavy atom. The average molecular weight is 196 g/mol. The predicted molar refractivity (Wildman–Crippen MR) is 51.3 cm³/mol. The molecule has 0 spiro atoms. The summed E-state index contributed by atoms with van der Waals surface area (Å²) in [7, 11) is 0. The molecule has 14 heavy (non-hydrogen) atoms. The SMILES string of the molecule is CC(C)(F)C(=O)NCc1cccnc1. The second kappa shape index (κ2) is 4.17. The quantitative estimate of drug-likeness (QED) is 0.794. The summed E-state index contributed by atoms with van der Waals surface area (Å²) in [5, 5.41) is 2.48. The Kier molecular flexibility index (Phi) is 3.17. The summed E-state index contributed by atoms with van der Waals surface area (Å²) in [6.45, 7) is 2.76. The molecule has 0 saturated heterocycles. The Morgan fingerprint density at radius 2 is 2.36 bits per heavy atom. The van der Waals surface area contributed by atoms with Gasteiger partial charge in [-0.25, -0.2) is 4.39 Å². The van der Waals surface area contributed by atoms with Crippen molar-refractivity contribution in [2.75, 3.05) is 0 Å². The molecule has 76 valence electrons. The summed E-state index contributed by atoms with van der Waals surface area (Å²) in [5.74, 6) is -0.610. The van der Waals surface area contributed by atoms with Gasteiger partial charge in [-0.3, -0.25) is 9.78 Å². The van der Waals surface area contributed by atoms with Gasteiger partial charge in [0.25, 0.3) is 5.91 Å². The highest BCUT2D eigenvalue weighted by molar-refractivity contribution is 5.83. The third kappa shape index (κ3) is 3.12. The largest absolute Gasteiger partial charge is 0.349 e. The molecule has 0 aliphatic heterocycles. The number of carbonyl (C=O) groups excluding carboxylic acids is 1. The Balaban J connectivity index is 2.46. The molecule has 0 radical (unpaired) electrons. The van der Waals surface area contributed by atoms with E-state index in [0.717, 1.165) is 5.56 Å². The van der Waals surface area contributed by atoms with Crippen LogP contribution in [-0.4, -0.2) is 16.6 Å². The highest BCUT2D eigenvalue weighted by atomic mass is 19.1.